The first-order valence-corrected chi connectivity index (χ1v) is 5.48. The van der Waals surface area contributed by atoms with Crippen LogP contribution < -0.4 is 0 Å². The van der Waals surface area contributed by atoms with Crippen LogP contribution in [-0.2, 0) is 0 Å². The lowest BCUT2D eigenvalue weighted by molar-refractivity contribution is 0.112. The highest BCUT2D eigenvalue weighted by atomic mass is 16.1. The van der Waals surface area contributed by atoms with Crippen LogP contribution in [0.3, 0.4) is 0 Å². The van der Waals surface area contributed by atoms with Gasteiger partial charge in [0.05, 0.1) is 5.52 Å². The minimum absolute atomic E-state index is 0.337. The Labute approximate surface area is 95.3 Å². The van der Waals surface area contributed by atoms with Gasteiger partial charge in [-0.2, -0.15) is 0 Å². The van der Waals surface area contributed by atoms with Crippen LogP contribution >= 0.6 is 0 Å². The third kappa shape index (κ3) is 1.83. The SMILES string of the molecule is Cc1ccc2nc(C(C)C)cc(C=O)c2c1. The van der Waals surface area contributed by atoms with E-state index in [1.54, 1.807) is 0 Å². The number of hydrogen-bond donors (Lipinski definition) is 0. The van der Waals surface area contributed by atoms with Crippen molar-refractivity contribution in [3.05, 3.63) is 41.1 Å². The summed E-state index contributed by atoms with van der Waals surface area (Å²) in [5, 5.41) is 0.944. The molecule has 0 bridgehead atoms. The molecule has 2 nitrogen and oxygen atoms in total. The first-order valence-electron chi connectivity index (χ1n) is 5.48. The molecule has 0 radical (unpaired) electrons. The molecule has 0 amide bonds. The van der Waals surface area contributed by atoms with Crippen molar-refractivity contribution in [1.82, 2.24) is 4.98 Å². The normalized spacial score (nSPS) is 11.0. The number of fused-ring (bicyclic) bond motifs is 1. The number of pyridine rings is 1. The Hall–Kier alpha value is -1.70. The van der Waals surface area contributed by atoms with Gasteiger partial charge in [0.2, 0.25) is 0 Å². The second-order valence-corrected chi connectivity index (χ2v) is 4.43. The van der Waals surface area contributed by atoms with E-state index in [1.807, 2.05) is 31.2 Å². The van der Waals surface area contributed by atoms with Gasteiger partial charge in [-0.3, -0.25) is 9.78 Å². The molecule has 1 heterocycles. The standard InChI is InChI=1S/C14H15NO/c1-9(2)14-7-11(8-16)12-6-10(3)4-5-13(12)15-14/h4-9H,1-3H3. The Morgan fingerprint density at radius 2 is 2.00 bits per heavy atom. The molecule has 0 spiro atoms. The van der Waals surface area contributed by atoms with E-state index in [4.69, 9.17) is 0 Å². The second kappa shape index (κ2) is 4.05. The molecule has 82 valence electrons. The molecule has 0 atom stereocenters. The molecule has 2 aromatic rings. The largest absolute Gasteiger partial charge is 0.298 e. The molecule has 0 aliphatic heterocycles. The van der Waals surface area contributed by atoms with E-state index in [0.717, 1.165) is 34.0 Å². The lowest BCUT2D eigenvalue weighted by Crippen LogP contribution is -1.97. The first-order chi connectivity index (χ1) is 7.61. The van der Waals surface area contributed by atoms with E-state index in [0.29, 0.717) is 5.92 Å². The van der Waals surface area contributed by atoms with Gasteiger partial charge in [-0.1, -0.05) is 25.5 Å². The van der Waals surface area contributed by atoms with Gasteiger partial charge >= 0.3 is 0 Å². The van der Waals surface area contributed by atoms with E-state index in [-0.39, 0.29) is 0 Å². The van der Waals surface area contributed by atoms with Crippen LogP contribution in [0.25, 0.3) is 10.9 Å². The van der Waals surface area contributed by atoms with Gasteiger partial charge in [0.1, 0.15) is 0 Å². The zero-order valence-electron chi connectivity index (χ0n) is 9.82. The number of nitrogens with zero attached hydrogens (tertiary/aromatic N) is 1. The van der Waals surface area contributed by atoms with Gasteiger partial charge < -0.3 is 0 Å². The molecule has 16 heavy (non-hydrogen) atoms. The monoisotopic (exact) mass is 213 g/mol. The Morgan fingerprint density at radius 3 is 2.62 bits per heavy atom. The third-order valence-corrected chi connectivity index (χ3v) is 2.73. The van der Waals surface area contributed by atoms with Crippen molar-refractivity contribution in [2.75, 3.05) is 0 Å². The Balaban J connectivity index is 2.78. The van der Waals surface area contributed by atoms with Crippen LogP contribution in [0.15, 0.2) is 24.3 Å². The molecule has 0 aliphatic rings. The van der Waals surface area contributed by atoms with Crippen molar-refractivity contribution in [2.24, 2.45) is 0 Å². The summed E-state index contributed by atoms with van der Waals surface area (Å²) in [4.78, 5) is 15.6. The minimum Gasteiger partial charge on any atom is -0.298 e. The molecule has 1 aromatic carbocycles. The van der Waals surface area contributed by atoms with Gasteiger partial charge in [0.25, 0.3) is 0 Å². The smallest absolute Gasteiger partial charge is 0.150 e. The maximum absolute atomic E-state index is 11.1. The molecule has 0 saturated carbocycles. The average molecular weight is 213 g/mol. The van der Waals surface area contributed by atoms with E-state index < -0.39 is 0 Å². The van der Waals surface area contributed by atoms with Crippen LogP contribution in [0.2, 0.25) is 0 Å². The molecule has 2 heteroatoms. The summed E-state index contributed by atoms with van der Waals surface area (Å²) in [5.74, 6) is 0.337. The fraction of sp³-hybridized carbons (Fsp3) is 0.286. The highest BCUT2D eigenvalue weighted by Crippen LogP contribution is 2.22. The van der Waals surface area contributed by atoms with Crippen molar-refractivity contribution in [3.8, 4) is 0 Å². The molecule has 0 saturated heterocycles. The van der Waals surface area contributed by atoms with E-state index in [2.05, 4.69) is 18.8 Å². The predicted molar refractivity (Wildman–Crippen MR) is 66.0 cm³/mol. The molecule has 0 N–H and O–H groups in total. The number of aromatic nitrogens is 1. The summed E-state index contributed by atoms with van der Waals surface area (Å²) in [6.07, 6.45) is 0.912. The van der Waals surface area contributed by atoms with Crippen molar-refractivity contribution in [3.63, 3.8) is 0 Å². The number of aryl methyl sites for hydroxylation is 1. The van der Waals surface area contributed by atoms with Crippen molar-refractivity contribution in [2.45, 2.75) is 26.7 Å². The fourth-order valence-electron chi connectivity index (χ4n) is 1.78. The number of benzene rings is 1. The molecule has 0 unspecified atom stereocenters. The number of aldehydes is 1. The molecular weight excluding hydrogens is 198 g/mol. The topological polar surface area (TPSA) is 30.0 Å². The summed E-state index contributed by atoms with van der Waals surface area (Å²) >= 11 is 0. The number of hydrogen-bond acceptors (Lipinski definition) is 2. The number of carbonyl (C=O) groups is 1. The number of carbonyl (C=O) groups excluding carboxylic acids is 1. The third-order valence-electron chi connectivity index (χ3n) is 2.73. The van der Waals surface area contributed by atoms with E-state index in [1.165, 1.54) is 0 Å². The van der Waals surface area contributed by atoms with Crippen LogP contribution in [0.1, 0.15) is 41.4 Å². The first kappa shape index (κ1) is 10.8. The predicted octanol–water partition coefficient (Wildman–Crippen LogP) is 3.48. The van der Waals surface area contributed by atoms with Gasteiger partial charge in [-0.05, 0) is 31.0 Å². The average Bonchev–Trinajstić information content (AvgIpc) is 2.27. The Kier molecular flexibility index (Phi) is 2.73. The van der Waals surface area contributed by atoms with Crippen LogP contribution in [-0.4, -0.2) is 11.3 Å². The number of rotatable bonds is 2. The summed E-state index contributed by atoms with van der Waals surface area (Å²) in [6.45, 7) is 6.18. The van der Waals surface area contributed by atoms with Gasteiger partial charge in [0.15, 0.2) is 6.29 Å². The molecule has 0 fully saturated rings. The zero-order valence-corrected chi connectivity index (χ0v) is 9.82. The highest BCUT2D eigenvalue weighted by molar-refractivity contribution is 5.96. The maximum atomic E-state index is 11.1. The summed E-state index contributed by atoms with van der Waals surface area (Å²) in [7, 11) is 0. The Bertz CT molecular complexity index is 544. The van der Waals surface area contributed by atoms with Crippen molar-refractivity contribution in [1.29, 1.82) is 0 Å². The van der Waals surface area contributed by atoms with E-state index >= 15 is 0 Å². The zero-order chi connectivity index (χ0) is 11.7. The lowest BCUT2D eigenvalue weighted by Gasteiger charge is -2.08. The maximum Gasteiger partial charge on any atom is 0.150 e. The summed E-state index contributed by atoms with van der Waals surface area (Å²) in [6, 6.07) is 7.90. The van der Waals surface area contributed by atoms with Gasteiger partial charge in [-0.25, -0.2) is 0 Å². The highest BCUT2D eigenvalue weighted by Gasteiger charge is 2.07. The fourth-order valence-corrected chi connectivity index (χ4v) is 1.78. The minimum atomic E-state index is 0.337. The lowest BCUT2D eigenvalue weighted by atomic mass is 10.0. The van der Waals surface area contributed by atoms with Crippen LogP contribution in [0, 0.1) is 6.92 Å². The van der Waals surface area contributed by atoms with Crippen molar-refractivity contribution < 1.29 is 4.79 Å². The van der Waals surface area contributed by atoms with Crippen molar-refractivity contribution >= 4 is 17.2 Å². The second-order valence-electron chi connectivity index (χ2n) is 4.43. The van der Waals surface area contributed by atoms with Crippen LogP contribution in [0.5, 0.6) is 0 Å². The van der Waals surface area contributed by atoms with Gasteiger partial charge in [-0.15, -0.1) is 0 Å². The Morgan fingerprint density at radius 1 is 1.25 bits per heavy atom. The summed E-state index contributed by atoms with van der Waals surface area (Å²) < 4.78 is 0. The molecular formula is C14H15NO. The molecule has 1 aromatic heterocycles. The molecule has 0 aliphatic carbocycles. The molecule has 2 rings (SSSR count). The quantitative estimate of drug-likeness (QED) is 0.715. The van der Waals surface area contributed by atoms with Crippen LogP contribution in [0.4, 0.5) is 0 Å². The van der Waals surface area contributed by atoms with E-state index in [9.17, 15) is 4.79 Å². The van der Waals surface area contributed by atoms with Gasteiger partial charge in [0, 0.05) is 16.6 Å². The summed E-state index contributed by atoms with van der Waals surface area (Å²) in [5.41, 5.74) is 3.75.